The minimum atomic E-state index is 0.600. The highest BCUT2D eigenvalue weighted by Gasteiger charge is 2.67. The Balaban J connectivity index is 1.72. The summed E-state index contributed by atoms with van der Waals surface area (Å²) in [7, 11) is 0. The number of rotatable bonds is 1. The smallest absolute Gasteiger partial charge is 0.0163 e. The van der Waals surface area contributed by atoms with Crippen LogP contribution in [0.3, 0.4) is 0 Å². The van der Waals surface area contributed by atoms with Crippen LogP contribution in [-0.4, -0.2) is 0 Å². The Hall–Kier alpha value is -0.260. The number of hydrogen-bond donors (Lipinski definition) is 0. The Morgan fingerprint density at radius 1 is 1.11 bits per heavy atom. The maximum absolute atomic E-state index is 2.56. The van der Waals surface area contributed by atoms with Gasteiger partial charge in [0.25, 0.3) is 0 Å². The predicted molar refractivity (Wildman–Crippen MR) is 80.9 cm³/mol. The highest BCUT2D eigenvalue weighted by molar-refractivity contribution is 5.56. The number of hydrogen-bond acceptors (Lipinski definition) is 0. The van der Waals surface area contributed by atoms with Crippen LogP contribution in [0.5, 0.6) is 0 Å². The van der Waals surface area contributed by atoms with Gasteiger partial charge in [0.1, 0.15) is 0 Å². The van der Waals surface area contributed by atoms with Crippen LogP contribution >= 0.6 is 0 Å². The third-order valence-corrected chi connectivity index (χ3v) is 7.62. The zero-order valence-electron chi connectivity index (χ0n) is 13.3. The van der Waals surface area contributed by atoms with E-state index < -0.39 is 0 Å². The van der Waals surface area contributed by atoms with Crippen LogP contribution in [-0.2, 0) is 0 Å². The molecule has 0 radical (unpaired) electrons. The molecule has 0 aromatic heterocycles. The van der Waals surface area contributed by atoms with E-state index in [0.29, 0.717) is 16.2 Å². The highest BCUT2D eigenvalue weighted by atomic mass is 14.7. The lowest BCUT2D eigenvalue weighted by Crippen LogP contribution is -2.41. The first-order valence-electron chi connectivity index (χ1n) is 8.67. The minimum Gasteiger partial charge on any atom is -0.0649 e. The van der Waals surface area contributed by atoms with Crippen LogP contribution in [0, 0.1) is 28.1 Å². The second-order valence-corrected chi connectivity index (χ2v) is 9.08. The Morgan fingerprint density at radius 2 is 1.89 bits per heavy atom. The molecule has 106 valence electrons. The van der Waals surface area contributed by atoms with E-state index in [1.165, 1.54) is 51.4 Å². The molecule has 4 rings (SSSR count). The fraction of sp³-hybridized carbons (Fsp3) is 0.895. The molecule has 19 heavy (non-hydrogen) atoms. The summed E-state index contributed by atoms with van der Waals surface area (Å²) >= 11 is 0. The molecule has 0 saturated heterocycles. The van der Waals surface area contributed by atoms with E-state index in [0.717, 1.165) is 11.8 Å². The Morgan fingerprint density at radius 3 is 2.63 bits per heavy atom. The van der Waals surface area contributed by atoms with Crippen molar-refractivity contribution in [3.63, 3.8) is 0 Å². The van der Waals surface area contributed by atoms with E-state index in [9.17, 15) is 0 Å². The van der Waals surface area contributed by atoms with Crippen LogP contribution in [0.15, 0.2) is 11.1 Å². The van der Waals surface area contributed by atoms with Crippen LogP contribution in [0.1, 0.15) is 79.1 Å². The van der Waals surface area contributed by atoms with E-state index >= 15 is 0 Å². The third-order valence-electron chi connectivity index (χ3n) is 7.62. The van der Waals surface area contributed by atoms with Gasteiger partial charge in [-0.3, -0.25) is 0 Å². The van der Waals surface area contributed by atoms with E-state index in [1.807, 2.05) is 11.1 Å². The number of allylic oxidation sites excluding steroid dienone is 2. The van der Waals surface area contributed by atoms with Crippen molar-refractivity contribution in [3.05, 3.63) is 11.1 Å². The molecule has 0 aromatic carbocycles. The topological polar surface area (TPSA) is 0 Å². The van der Waals surface area contributed by atoms with Crippen molar-refractivity contribution in [1.29, 1.82) is 0 Å². The van der Waals surface area contributed by atoms with E-state index in [4.69, 9.17) is 0 Å². The normalized spacial score (nSPS) is 50.5. The molecule has 0 heterocycles. The highest BCUT2D eigenvalue weighted by Crippen LogP contribution is 2.78. The minimum absolute atomic E-state index is 0.600. The van der Waals surface area contributed by atoms with Crippen molar-refractivity contribution in [3.8, 4) is 0 Å². The zero-order chi connectivity index (χ0) is 13.5. The summed E-state index contributed by atoms with van der Waals surface area (Å²) in [4.78, 5) is 0. The second-order valence-electron chi connectivity index (χ2n) is 9.08. The molecule has 2 unspecified atom stereocenters. The van der Waals surface area contributed by atoms with Crippen LogP contribution in [0.2, 0.25) is 0 Å². The summed E-state index contributed by atoms with van der Waals surface area (Å²) in [5, 5.41) is 0. The van der Waals surface area contributed by atoms with Crippen molar-refractivity contribution in [2.45, 2.75) is 79.1 Å². The van der Waals surface area contributed by atoms with E-state index in [2.05, 4.69) is 27.7 Å². The van der Waals surface area contributed by atoms with E-state index in [1.54, 1.807) is 0 Å². The van der Waals surface area contributed by atoms with Crippen molar-refractivity contribution in [2.75, 3.05) is 0 Å². The van der Waals surface area contributed by atoms with Crippen molar-refractivity contribution < 1.29 is 0 Å². The lowest BCUT2D eigenvalue weighted by molar-refractivity contribution is 0.0363. The van der Waals surface area contributed by atoms with Crippen molar-refractivity contribution in [2.24, 2.45) is 28.1 Å². The summed E-state index contributed by atoms with van der Waals surface area (Å²) in [5.74, 6) is 1.98. The molecule has 0 nitrogen and oxygen atoms in total. The van der Waals surface area contributed by atoms with Gasteiger partial charge in [0, 0.05) is 5.41 Å². The lowest BCUT2D eigenvalue weighted by Gasteiger charge is -2.50. The second kappa shape index (κ2) is 3.49. The van der Waals surface area contributed by atoms with E-state index in [-0.39, 0.29) is 0 Å². The van der Waals surface area contributed by atoms with Gasteiger partial charge in [0.2, 0.25) is 0 Å². The molecule has 0 aromatic rings. The van der Waals surface area contributed by atoms with Gasteiger partial charge in [0.05, 0.1) is 0 Å². The zero-order valence-corrected chi connectivity index (χ0v) is 13.3. The molecule has 4 aliphatic rings. The van der Waals surface area contributed by atoms with Gasteiger partial charge >= 0.3 is 0 Å². The molecule has 1 spiro atoms. The molecule has 2 fully saturated rings. The lowest BCUT2D eigenvalue weighted by atomic mass is 9.54. The average Bonchev–Trinajstić information content (AvgIpc) is 2.97. The SMILES string of the molecule is CC[C@@]1(C)CC2=C3C(CCC4C(C)(C)CCC[C@@]234)C1. The molecule has 4 atom stereocenters. The standard InChI is InChI=1S/C19H30/c1-5-18(4)11-13-7-8-15-17(2,3)9-6-10-19(15)14(12-18)16(13)19/h13,15H,5-12H2,1-4H3/t13?,15?,18-,19+/m1/s1. The molecule has 0 bridgehead atoms. The first kappa shape index (κ1) is 12.5. The maximum atomic E-state index is 2.56. The first-order valence-corrected chi connectivity index (χ1v) is 8.67. The van der Waals surface area contributed by atoms with Gasteiger partial charge in [0.15, 0.2) is 0 Å². The summed E-state index contributed by atoms with van der Waals surface area (Å²) in [5.41, 5.74) is 5.87. The fourth-order valence-corrected chi connectivity index (χ4v) is 6.52. The van der Waals surface area contributed by atoms with Gasteiger partial charge in [-0.15, -0.1) is 0 Å². The first-order chi connectivity index (χ1) is 8.93. The fourth-order valence-electron chi connectivity index (χ4n) is 6.52. The van der Waals surface area contributed by atoms with Gasteiger partial charge in [-0.1, -0.05) is 51.7 Å². The molecular weight excluding hydrogens is 228 g/mol. The molecular formula is C19H30. The Labute approximate surface area is 119 Å². The average molecular weight is 258 g/mol. The molecule has 0 heteroatoms. The Kier molecular flexibility index (Phi) is 2.29. The predicted octanol–water partition coefficient (Wildman–Crippen LogP) is 5.73. The van der Waals surface area contributed by atoms with Gasteiger partial charge < -0.3 is 0 Å². The maximum Gasteiger partial charge on any atom is 0.0163 e. The van der Waals surface area contributed by atoms with Crippen LogP contribution in [0.4, 0.5) is 0 Å². The van der Waals surface area contributed by atoms with Crippen LogP contribution < -0.4 is 0 Å². The van der Waals surface area contributed by atoms with Crippen LogP contribution in [0.25, 0.3) is 0 Å². The summed E-state index contributed by atoms with van der Waals surface area (Å²) < 4.78 is 0. The summed E-state index contributed by atoms with van der Waals surface area (Å²) in [6.45, 7) is 10.1. The summed E-state index contributed by atoms with van der Waals surface area (Å²) in [6, 6.07) is 0. The van der Waals surface area contributed by atoms with Crippen molar-refractivity contribution in [1.82, 2.24) is 0 Å². The Bertz CT molecular complexity index is 455. The van der Waals surface area contributed by atoms with Gasteiger partial charge in [-0.25, -0.2) is 0 Å². The molecule has 0 amide bonds. The van der Waals surface area contributed by atoms with Gasteiger partial charge in [-0.05, 0) is 61.2 Å². The summed E-state index contributed by atoms with van der Waals surface area (Å²) in [6.07, 6.45) is 11.8. The van der Waals surface area contributed by atoms with Crippen molar-refractivity contribution >= 4 is 0 Å². The van der Waals surface area contributed by atoms with Gasteiger partial charge in [-0.2, -0.15) is 0 Å². The molecule has 0 aliphatic heterocycles. The quantitative estimate of drug-likeness (QED) is 0.527. The monoisotopic (exact) mass is 258 g/mol. The largest absolute Gasteiger partial charge is 0.0649 e. The third kappa shape index (κ3) is 1.41. The molecule has 2 saturated carbocycles. The molecule has 0 N–H and O–H groups in total. The molecule has 4 aliphatic carbocycles.